The molecule has 1 aromatic heterocycles. The molecular formula is C22H21ClFN3O3S2. The summed E-state index contributed by atoms with van der Waals surface area (Å²) in [5, 5.41) is 0.608. The van der Waals surface area contributed by atoms with Gasteiger partial charge in [-0.2, -0.15) is 9.30 Å². The molecule has 0 radical (unpaired) electrons. The highest BCUT2D eigenvalue weighted by molar-refractivity contribution is 7.89. The van der Waals surface area contributed by atoms with E-state index in [0.29, 0.717) is 29.2 Å². The maximum Gasteiger partial charge on any atom is 0.251 e. The van der Waals surface area contributed by atoms with E-state index >= 15 is 0 Å². The SMILES string of the molecule is C=CCn1c(=NC(=O)C2CCN(S(=O)(=O)c3ccc(F)cc3)CC2)sc2cc(Cl)ccc21. The predicted molar refractivity (Wildman–Crippen MR) is 123 cm³/mol. The lowest BCUT2D eigenvalue weighted by atomic mass is 9.98. The quantitative estimate of drug-likeness (QED) is 0.500. The van der Waals surface area contributed by atoms with Gasteiger partial charge >= 0.3 is 0 Å². The molecule has 168 valence electrons. The van der Waals surface area contributed by atoms with Gasteiger partial charge in [0.15, 0.2) is 4.80 Å². The molecule has 10 heteroatoms. The molecule has 2 heterocycles. The summed E-state index contributed by atoms with van der Waals surface area (Å²) in [6.07, 6.45) is 2.49. The zero-order chi connectivity index (χ0) is 22.9. The molecule has 1 aliphatic rings. The molecule has 1 aliphatic heterocycles. The number of rotatable bonds is 5. The van der Waals surface area contributed by atoms with Gasteiger partial charge in [0.25, 0.3) is 5.91 Å². The van der Waals surface area contributed by atoms with Gasteiger partial charge in [-0.1, -0.05) is 29.0 Å². The van der Waals surface area contributed by atoms with Crippen molar-refractivity contribution < 1.29 is 17.6 Å². The van der Waals surface area contributed by atoms with Gasteiger partial charge in [-0.25, -0.2) is 12.8 Å². The van der Waals surface area contributed by atoms with Crippen molar-refractivity contribution in [1.29, 1.82) is 0 Å². The number of fused-ring (bicyclic) bond motifs is 1. The van der Waals surface area contributed by atoms with Crippen LogP contribution in [0.5, 0.6) is 0 Å². The number of nitrogens with zero attached hydrogens (tertiary/aromatic N) is 3. The average molecular weight is 494 g/mol. The van der Waals surface area contributed by atoms with E-state index in [1.54, 1.807) is 12.1 Å². The maximum atomic E-state index is 13.1. The maximum absolute atomic E-state index is 13.1. The summed E-state index contributed by atoms with van der Waals surface area (Å²) in [4.78, 5) is 17.9. The van der Waals surface area contributed by atoms with Crippen LogP contribution in [0.4, 0.5) is 4.39 Å². The van der Waals surface area contributed by atoms with Crippen LogP contribution in [0.1, 0.15) is 12.8 Å². The van der Waals surface area contributed by atoms with Crippen LogP contribution in [0.25, 0.3) is 10.2 Å². The fraction of sp³-hybridized carbons (Fsp3) is 0.273. The third kappa shape index (κ3) is 4.56. The fourth-order valence-electron chi connectivity index (χ4n) is 3.72. The molecule has 0 unspecified atom stereocenters. The molecule has 1 amide bonds. The molecule has 3 aromatic rings. The number of sulfonamides is 1. The first-order valence-corrected chi connectivity index (χ1v) is 12.7. The molecule has 0 bridgehead atoms. The molecule has 0 atom stereocenters. The van der Waals surface area contributed by atoms with E-state index < -0.39 is 15.8 Å². The normalized spacial score (nSPS) is 16.5. The molecule has 32 heavy (non-hydrogen) atoms. The summed E-state index contributed by atoms with van der Waals surface area (Å²) >= 11 is 7.47. The van der Waals surface area contributed by atoms with Crippen molar-refractivity contribution in [2.24, 2.45) is 10.9 Å². The Hall–Kier alpha value is -2.33. The van der Waals surface area contributed by atoms with Crippen molar-refractivity contribution >= 4 is 49.1 Å². The first-order valence-electron chi connectivity index (χ1n) is 10.0. The monoisotopic (exact) mass is 493 g/mol. The number of hydrogen-bond acceptors (Lipinski definition) is 4. The van der Waals surface area contributed by atoms with Gasteiger partial charge < -0.3 is 4.57 Å². The van der Waals surface area contributed by atoms with Crippen molar-refractivity contribution in [3.63, 3.8) is 0 Å². The van der Waals surface area contributed by atoms with Crippen LogP contribution in [0.3, 0.4) is 0 Å². The van der Waals surface area contributed by atoms with Crippen LogP contribution >= 0.6 is 22.9 Å². The number of allylic oxidation sites excluding steroid dienone is 1. The van der Waals surface area contributed by atoms with Gasteiger partial charge in [-0.15, -0.1) is 6.58 Å². The minimum atomic E-state index is -3.72. The number of carbonyl (C=O) groups excluding carboxylic acids is 1. The Bertz CT molecular complexity index is 1340. The van der Waals surface area contributed by atoms with Gasteiger partial charge in [0.2, 0.25) is 10.0 Å². The second-order valence-corrected chi connectivity index (χ2v) is 10.9. The Labute approximate surface area is 194 Å². The fourth-order valence-corrected chi connectivity index (χ4v) is 6.51. The predicted octanol–water partition coefficient (Wildman–Crippen LogP) is 4.21. The summed E-state index contributed by atoms with van der Waals surface area (Å²) in [5.74, 6) is -1.12. The van der Waals surface area contributed by atoms with E-state index in [2.05, 4.69) is 11.6 Å². The topological polar surface area (TPSA) is 71.7 Å². The Balaban J connectivity index is 1.53. The second kappa shape index (κ2) is 9.27. The third-order valence-corrected chi connectivity index (χ3v) is 8.61. The van der Waals surface area contributed by atoms with Crippen molar-refractivity contribution in [1.82, 2.24) is 8.87 Å². The number of thiazole rings is 1. The summed E-state index contributed by atoms with van der Waals surface area (Å²) in [5.41, 5.74) is 0.922. The van der Waals surface area contributed by atoms with Crippen LogP contribution in [0.15, 0.2) is 65.0 Å². The van der Waals surface area contributed by atoms with Crippen molar-refractivity contribution in [2.45, 2.75) is 24.3 Å². The van der Waals surface area contributed by atoms with Crippen molar-refractivity contribution in [3.8, 4) is 0 Å². The van der Waals surface area contributed by atoms with Crippen LogP contribution in [-0.2, 0) is 21.4 Å². The summed E-state index contributed by atoms with van der Waals surface area (Å²) in [7, 11) is -3.72. The molecule has 1 saturated heterocycles. The Morgan fingerprint density at radius 1 is 1.22 bits per heavy atom. The van der Waals surface area contributed by atoms with E-state index in [-0.39, 0.29) is 29.8 Å². The standard InChI is InChI=1S/C22H21ClFN3O3S2/c1-2-11-27-19-8-3-16(23)14-20(19)31-22(27)25-21(28)15-9-12-26(13-10-15)32(29,30)18-6-4-17(24)5-7-18/h2-8,14-15H,1,9-13H2. The number of piperidine rings is 1. The minimum absolute atomic E-state index is 0.0442. The molecular weight excluding hydrogens is 473 g/mol. The van der Waals surface area contributed by atoms with Crippen LogP contribution in [0, 0.1) is 11.7 Å². The summed E-state index contributed by atoms with van der Waals surface area (Å²) < 4.78 is 42.9. The van der Waals surface area contributed by atoms with Gasteiger partial charge in [0, 0.05) is 30.6 Å². The van der Waals surface area contributed by atoms with Crippen LogP contribution in [-0.4, -0.2) is 36.3 Å². The number of hydrogen-bond donors (Lipinski definition) is 0. The number of halogens is 2. The van der Waals surface area contributed by atoms with E-state index in [0.717, 1.165) is 22.3 Å². The van der Waals surface area contributed by atoms with Gasteiger partial charge in [0.1, 0.15) is 5.82 Å². The number of amides is 1. The molecule has 6 nitrogen and oxygen atoms in total. The van der Waals surface area contributed by atoms with Crippen LogP contribution < -0.4 is 4.80 Å². The lowest BCUT2D eigenvalue weighted by molar-refractivity contribution is -0.122. The smallest absolute Gasteiger partial charge is 0.251 e. The number of carbonyl (C=O) groups is 1. The minimum Gasteiger partial charge on any atom is -0.313 e. The second-order valence-electron chi connectivity index (χ2n) is 7.48. The molecule has 2 aromatic carbocycles. The van der Waals surface area contributed by atoms with E-state index in [1.807, 2.05) is 16.7 Å². The lowest BCUT2D eigenvalue weighted by Gasteiger charge is -2.29. The Morgan fingerprint density at radius 3 is 2.56 bits per heavy atom. The van der Waals surface area contributed by atoms with Gasteiger partial charge in [0.05, 0.1) is 15.1 Å². The van der Waals surface area contributed by atoms with E-state index in [1.165, 1.54) is 27.8 Å². The Kier molecular flexibility index (Phi) is 6.62. The molecule has 1 fully saturated rings. The summed E-state index contributed by atoms with van der Waals surface area (Å²) in [6, 6.07) is 10.3. The average Bonchev–Trinajstić information content (AvgIpc) is 3.10. The van der Waals surface area contributed by atoms with Crippen molar-refractivity contribution in [3.05, 3.63) is 70.8 Å². The molecule has 0 spiro atoms. The van der Waals surface area contributed by atoms with Crippen LogP contribution in [0.2, 0.25) is 5.02 Å². The van der Waals surface area contributed by atoms with E-state index in [9.17, 15) is 17.6 Å². The first kappa shape index (κ1) is 22.8. The molecule has 0 N–H and O–H groups in total. The third-order valence-electron chi connectivity index (χ3n) is 5.42. The zero-order valence-electron chi connectivity index (χ0n) is 17.1. The van der Waals surface area contributed by atoms with Gasteiger partial charge in [-0.05, 0) is 55.3 Å². The first-order chi connectivity index (χ1) is 15.3. The van der Waals surface area contributed by atoms with Gasteiger partial charge in [-0.3, -0.25) is 4.79 Å². The number of benzene rings is 2. The Morgan fingerprint density at radius 2 is 1.91 bits per heavy atom. The lowest BCUT2D eigenvalue weighted by Crippen LogP contribution is -2.40. The zero-order valence-corrected chi connectivity index (χ0v) is 19.5. The van der Waals surface area contributed by atoms with E-state index in [4.69, 9.17) is 11.6 Å². The largest absolute Gasteiger partial charge is 0.313 e. The molecule has 4 rings (SSSR count). The molecule has 0 aliphatic carbocycles. The highest BCUT2D eigenvalue weighted by Gasteiger charge is 2.32. The molecule has 0 saturated carbocycles. The number of aromatic nitrogens is 1. The highest BCUT2D eigenvalue weighted by atomic mass is 35.5. The highest BCUT2D eigenvalue weighted by Crippen LogP contribution is 2.26. The van der Waals surface area contributed by atoms with Crippen molar-refractivity contribution in [2.75, 3.05) is 13.1 Å². The summed E-state index contributed by atoms with van der Waals surface area (Å²) in [6.45, 7) is 4.70.